The van der Waals surface area contributed by atoms with Crippen molar-refractivity contribution in [3.05, 3.63) is 36.3 Å². The SMILES string of the molecule is CC1(O)C[CH]CC2(CC(C(N)=O)N(c3cc(F)cc(F)c3)C2=O)C1. The average Bonchev–Trinajstić information content (AvgIpc) is 2.70. The van der Waals surface area contributed by atoms with E-state index >= 15 is 0 Å². The number of rotatable bonds is 2. The molecular formula is C17H19F2N2O3. The van der Waals surface area contributed by atoms with Crippen LogP contribution in [0, 0.1) is 23.5 Å². The molecule has 24 heavy (non-hydrogen) atoms. The molecular weight excluding hydrogens is 318 g/mol. The van der Waals surface area contributed by atoms with Gasteiger partial charge in [0.25, 0.3) is 0 Å². The van der Waals surface area contributed by atoms with Crippen molar-refractivity contribution in [3.63, 3.8) is 0 Å². The first-order chi connectivity index (χ1) is 11.1. The molecule has 1 heterocycles. The summed E-state index contributed by atoms with van der Waals surface area (Å²) in [6.07, 6.45) is 2.94. The van der Waals surface area contributed by atoms with E-state index < -0.39 is 40.5 Å². The Bertz CT molecular complexity index is 687. The lowest BCUT2D eigenvalue weighted by molar-refractivity contribution is -0.131. The summed E-state index contributed by atoms with van der Waals surface area (Å²) in [5.41, 5.74) is 3.34. The van der Waals surface area contributed by atoms with E-state index in [9.17, 15) is 23.5 Å². The second-order valence-electron chi connectivity index (χ2n) is 7.08. The highest BCUT2D eigenvalue weighted by Gasteiger charge is 2.57. The highest BCUT2D eigenvalue weighted by atomic mass is 19.1. The lowest BCUT2D eigenvalue weighted by Crippen LogP contribution is -2.45. The van der Waals surface area contributed by atoms with E-state index in [2.05, 4.69) is 0 Å². The number of nitrogens with two attached hydrogens (primary N) is 1. The van der Waals surface area contributed by atoms with Crippen molar-refractivity contribution in [1.29, 1.82) is 0 Å². The van der Waals surface area contributed by atoms with E-state index in [-0.39, 0.29) is 18.5 Å². The Balaban J connectivity index is 2.04. The Morgan fingerprint density at radius 1 is 1.29 bits per heavy atom. The summed E-state index contributed by atoms with van der Waals surface area (Å²) >= 11 is 0. The molecule has 1 spiro atoms. The maximum atomic E-state index is 13.6. The van der Waals surface area contributed by atoms with Gasteiger partial charge in [-0.05, 0) is 51.2 Å². The van der Waals surface area contributed by atoms with Crippen LogP contribution in [0.2, 0.25) is 0 Å². The number of benzene rings is 1. The number of aliphatic hydroxyl groups is 1. The average molecular weight is 337 g/mol. The maximum Gasteiger partial charge on any atom is 0.240 e. The molecule has 1 aromatic carbocycles. The minimum absolute atomic E-state index is 0.0385. The van der Waals surface area contributed by atoms with Crippen molar-refractivity contribution in [2.75, 3.05) is 4.90 Å². The predicted molar refractivity (Wildman–Crippen MR) is 82.7 cm³/mol. The van der Waals surface area contributed by atoms with Crippen LogP contribution >= 0.6 is 0 Å². The smallest absolute Gasteiger partial charge is 0.240 e. The molecule has 1 aliphatic heterocycles. The minimum Gasteiger partial charge on any atom is -0.390 e. The van der Waals surface area contributed by atoms with Gasteiger partial charge in [-0.15, -0.1) is 0 Å². The molecule has 1 aliphatic carbocycles. The molecule has 3 atom stereocenters. The molecule has 3 rings (SSSR count). The monoisotopic (exact) mass is 337 g/mol. The van der Waals surface area contributed by atoms with E-state index in [1.165, 1.54) is 0 Å². The summed E-state index contributed by atoms with van der Waals surface area (Å²) in [5, 5.41) is 10.3. The van der Waals surface area contributed by atoms with Crippen LogP contribution in [0.5, 0.6) is 0 Å². The fraction of sp³-hybridized carbons (Fsp3) is 0.471. The van der Waals surface area contributed by atoms with E-state index in [1.807, 2.05) is 6.42 Å². The van der Waals surface area contributed by atoms with Crippen molar-refractivity contribution < 1.29 is 23.5 Å². The molecule has 129 valence electrons. The molecule has 2 fully saturated rings. The Hall–Kier alpha value is -2.02. The predicted octanol–water partition coefficient (Wildman–Crippen LogP) is 1.68. The molecule has 7 heteroatoms. The van der Waals surface area contributed by atoms with Crippen LogP contribution in [0.15, 0.2) is 18.2 Å². The van der Waals surface area contributed by atoms with E-state index in [0.29, 0.717) is 18.9 Å². The van der Waals surface area contributed by atoms with Crippen molar-refractivity contribution >= 4 is 17.5 Å². The van der Waals surface area contributed by atoms with Crippen LogP contribution in [-0.2, 0) is 9.59 Å². The van der Waals surface area contributed by atoms with Crippen LogP contribution in [-0.4, -0.2) is 28.6 Å². The van der Waals surface area contributed by atoms with Gasteiger partial charge in [0, 0.05) is 6.07 Å². The zero-order chi connectivity index (χ0) is 17.7. The maximum absolute atomic E-state index is 13.6. The molecule has 3 N–H and O–H groups in total. The van der Waals surface area contributed by atoms with Crippen molar-refractivity contribution in [1.82, 2.24) is 0 Å². The standard InChI is InChI=1S/C17H19F2N2O3/c1-16(24)3-2-4-17(9-16)8-13(14(20)22)21(15(17)23)12-6-10(18)5-11(19)7-12/h2,5-7,13,24H,3-4,8-9H2,1H3,(H2,20,22). The first-order valence-corrected chi connectivity index (χ1v) is 7.77. The lowest BCUT2D eigenvalue weighted by atomic mass is 9.66. The Labute approximate surface area is 138 Å². The molecule has 0 aromatic heterocycles. The van der Waals surface area contributed by atoms with Gasteiger partial charge >= 0.3 is 0 Å². The third-order valence-corrected chi connectivity index (χ3v) is 4.86. The Morgan fingerprint density at radius 3 is 2.46 bits per heavy atom. The number of carbonyl (C=O) groups excluding carboxylic acids is 2. The number of nitrogens with zero attached hydrogens (tertiary/aromatic N) is 1. The third-order valence-electron chi connectivity index (χ3n) is 4.86. The van der Waals surface area contributed by atoms with E-state index in [1.54, 1.807) is 6.92 Å². The van der Waals surface area contributed by atoms with E-state index in [0.717, 1.165) is 17.0 Å². The summed E-state index contributed by atoms with van der Waals surface area (Å²) in [4.78, 5) is 26.0. The number of anilines is 1. The first-order valence-electron chi connectivity index (χ1n) is 7.77. The summed E-state index contributed by atoms with van der Waals surface area (Å²) in [7, 11) is 0. The lowest BCUT2D eigenvalue weighted by Gasteiger charge is -2.39. The number of carbonyl (C=O) groups is 2. The normalized spacial score (nSPS) is 33.2. The Kier molecular flexibility index (Phi) is 3.86. The van der Waals surface area contributed by atoms with Gasteiger partial charge in [0.05, 0.1) is 16.7 Å². The second-order valence-corrected chi connectivity index (χ2v) is 7.08. The minimum atomic E-state index is -1.07. The number of amides is 2. The van der Waals surface area contributed by atoms with Gasteiger partial charge in [0.2, 0.25) is 11.8 Å². The zero-order valence-electron chi connectivity index (χ0n) is 13.3. The number of halogens is 2. The number of primary amides is 1. The molecule has 2 amide bonds. The molecule has 1 radical (unpaired) electrons. The fourth-order valence-corrected chi connectivity index (χ4v) is 4.00. The topological polar surface area (TPSA) is 83.6 Å². The highest BCUT2D eigenvalue weighted by molar-refractivity contribution is 6.07. The molecule has 1 saturated heterocycles. The largest absolute Gasteiger partial charge is 0.390 e. The number of hydrogen-bond donors (Lipinski definition) is 2. The molecule has 0 bridgehead atoms. The number of hydrogen-bond acceptors (Lipinski definition) is 3. The summed E-state index contributed by atoms with van der Waals surface area (Å²) in [6.45, 7) is 1.63. The van der Waals surface area contributed by atoms with Crippen LogP contribution in [0.3, 0.4) is 0 Å². The third kappa shape index (κ3) is 2.77. The van der Waals surface area contributed by atoms with Gasteiger partial charge in [-0.3, -0.25) is 14.5 Å². The zero-order valence-corrected chi connectivity index (χ0v) is 13.3. The molecule has 1 aromatic rings. The molecule has 5 nitrogen and oxygen atoms in total. The summed E-state index contributed by atoms with van der Waals surface area (Å²) in [5.74, 6) is -2.86. The van der Waals surface area contributed by atoms with Crippen LogP contribution in [0.25, 0.3) is 0 Å². The van der Waals surface area contributed by atoms with Crippen LogP contribution < -0.4 is 10.6 Å². The summed E-state index contributed by atoms with van der Waals surface area (Å²) < 4.78 is 27.1. The molecule has 3 unspecified atom stereocenters. The van der Waals surface area contributed by atoms with Gasteiger partial charge in [0.15, 0.2) is 0 Å². The highest BCUT2D eigenvalue weighted by Crippen LogP contribution is 2.51. The van der Waals surface area contributed by atoms with Crippen molar-refractivity contribution in [3.8, 4) is 0 Å². The first kappa shape index (κ1) is 16.8. The van der Waals surface area contributed by atoms with Gasteiger partial charge in [-0.25, -0.2) is 8.78 Å². The Morgan fingerprint density at radius 2 is 1.92 bits per heavy atom. The quantitative estimate of drug-likeness (QED) is 0.861. The second kappa shape index (κ2) is 5.51. The van der Waals surface area contributed by atoms with Gasteiger partial charge < -0.3 is 10.8 Å². The van der Waals surface area contributed by atoms with Crippen LogP contribution in [0.1, 0.15) is 32.6 Å². The van der Waals surface area contributed by atoms with Crippen molar-refractivity contribution in [2.45, 2.75) is 44.2 Å². The van der Waals surface area contributed by atoms with Crippen LogP contribution in [0.4, 0.5) is 14.5 Å². The summed E-state index contributed by atoms with van der Waals surface area (Å²) in [6, 6.07) is 1.69. The van der Waals surface area contributed by atoms with Gasteiger partial charge in [0.1, 0.15) is 17.7 Å². The van der Waals surface area contributed by atoms with Gasteiger partial charge in [-0.2, -0.15) is 0 Å². The van der Waals surface area contributed by atoms with E-state index in [4.69, 9.17) is 5.73 Å². The molecule has 1 saturated carbocycles. The fourth-order valence-electron chi connectivity index (χ4n) is 4.00. The van der Waals surface area contributed by atoms with Gasteiger partial charge in [-0.1, -0.05) is 0 Å². The van der Waals surface area contributed by atoms with Crippen molar-refractivity contribution in [2.24, 2.45) is 11.1 Å². The molecule has 2 aliphatic rings.